The van der Waals surface area contributed by atoms with Crippen LogP contribution in [0, 0.1) is 24.6 Å². The first-order chi connectivity index (χ1) is 18.9. The van der Waals surface area contributed by atoms with E-state index in [9.17, 15) is 14.0 Å². The van der Waals surface area contributed by atoms with Crippen LogP contribution in [-0.4, -0.2) is 59.4 Å². The number of nitrogens with one attached hydrogen (secondary N) is 1. The van der Waals surface area contributed by atoms with E-state index in [1.807, 2.05) is 0 Å². The SMILES string of the molecule is Cc1ccc(CN(C2CC2)C2CCN(C(=O)c3ccc(F)cc3)[C@@H](C(=O)NCC3CCC(CN)CC3)C2)cc1. The highest BCUT2D eigenvalue weighted by molar-refractivity contribution is 5.97. The summed E-state index contributed by atoms with van der Waals surface area (Å²) in [5.41, 5.74) is 8.81. The van der Waals surface area contributed by atoms with Crippen LogP contribution in [0.2, 0.25) is 0 Å². The highest BCUT2D eigenvalue weighted by atomic mass is 19.1. The number of likely N-dealkylation sites (tertiary alicyclic amines) is 1. The molecule has 6 nitrogen and oxygen atoms in total. The molecule has 0 aromatic heterocycles. The molecule has 1 heterocycles. The lowest BCUT2D eigenvalue weighted by Crippen LogP contribution is -2.58. The van der Waals surface area contributed by atoms with Gasteiger partial charge in [0.25, 0.3) is 5.91 Å². The third-order valence-corrected chi connectivity index (χ3v) is 9.06. The van der Waals surface area contributed by atoms with Crippen molar-refractivity contribution in [2.75, 3.05) is 19.6 Å². The second-order valence-electron chi connectivity index (χ2n) is 12.0. The van der Waals surface area contributed by atoms with E-state index in [1.54, 1.807) is 4.90 Å². The maximum atomic E-state index is 13.7. The van der Waals surface area contributed by atoms with Gasteiger partial charge in [-0.05, 0) is 106 Å². The quantitative estimate of drug-likeness (QED) is 0.491. The Morgan fingerprint density at radius 3 is 2.23 bits per heavy atom. The summed E-state index contributed by atoms with van der Waals surface area (Å²) in [5.74, 6) is 0.416. The van der Waals surface area contributed by atoms with Gasteiger partial charge in [0.1, 0.15) is 11.9 Å². The first kappa shape index (κ1) is 27.8. The molecule has 210 valence electrons. The van der Waals surface area contributed by atoms with Crippen LogP contribution in [0.15, 0.2) is 48.5 Å². The Balaban J connectivity index is 1.30. The number of benzene rings is 2. The van der Waals surface area contributed by atoms with Crippen LogP contribution in [0.1, 0.15) is 72.9 Å². The van der Waals surface area contributed by atoms with Crippen molar-refractivity contribution in [2.45, 2.75) is 83.0 Å². The number of amides is 2. The molecule has 1 unspecified atom stereocenters. The predicted octanol–water partition coefficient (Wildman–Crippen LogP) is 4.65. The largest absolute Gasteiger partial charge is 0.354 e. The van der Waals surface area contributed by atoms with Crippen molar-refractivity contribution in [2.24, 2.45) is 17.6 Å². The number of halogens is 1. The predicted molar refractivity (Wildman–Crippen MR) is 152 cm³/mol. The van der Waals surface area contributed by atoms with Gasteiger partial charge in [-0.15, -0.1) is 0 Å². The molecule has 2 amide bonds. The number of rotatable bonds is 9. The average molecular weight is 535 g/mol. The molecule has 1 saturated heterocycles. The zero-order chi connectivity index (χ0) is 27.4. The average Bonchev–Trinajstić information content (AvgIpc) is 3.81. The van der Waals surface area contributed by atoms with Crippen LogP contribution in [0.25, 0.3) is 0 Å². The maximum absolute atomic E-state index is 13.7. The summed E-state index contributed by atoms with van der Waals surface area (Å²) in [4.78, 5) is 31.5. The van der Waals surface area contributed by atoms with Gasteiger partial charge in [0.2, 0.25) is 5.91 Å². The topological polar surface area (TPSA) is 78.7 Å². The molecule has 2 saturated carbocycles. The van der Waals surface area contributed by atoms with Crippen LogP contribution in [-0.2, 0) is 11.3 Å². The molecule has 2 aromatic rings. The first-order valence-electron chi connectivity index (χ1n) is 14.8. The Morgan fingerprint density at radius 2 is 1.59 bits per heavy atom. The summed E-state index contributed by atoms with van der Waals surface area (Å²) in [6.07, 6.45) is 8.20. The Kier molecular flexibility index (Phi) is 8.98. The third kappa shape index (κ3) is 7.06. The summed E-state index contributed by atoms with van der Waals surface area (Å²) in [5, 5.41) is 3.22. The van der Waals surface area contributed by atoms with Crippen molar-refractivity contribution < 1.29 is 14.0 Å². The van der Waals surface area contributed by atoms with Gasteiger partial charge >= 0.3 is 0 Å². The van der Waals surface area contributed by atoms with Gasteiger partial charge in [-0.1, -0.05) is 29.8 Å². The van der Waals surface area contributed by atoms with Crippen molar-refractivity contribution in [3.05, 3.63) is 71.0 Å². The number of piperidine rings is 1. The first-order valence-corrected chi connectivity index (χ1v) is 14.8. The lowest BCUT2D eigenvalue weighted by molar-refractivity contribution is -0.128. The van der Waals surface area contributed by atoms with E-state index in [4.69, 9.17) is 5.73 Å². The van der Waals surface area contributed by atoms with Crippen molar-refractivity contribution >= 4 is 11.8 Å². The van der Waals surface area contributed by atoms with E-state index in [0.29, 0.717) is 43.0 Å². The Hall–Kier alpha value is -2.77. The van der Waals surface area contributed by atoms with Gasteiger partial charge in [-0.3, -0.25) is 14.5 Å². The molecule has 7 heteroatoms. The molecule has 39 heavy (non-hydrogen) atoms. The molecule has 0 bridgehead atoms. The van der Waals surface area contributed by atoms with E-state index < -0.39 is 6.04 Å². The maximum Gasteiger partial charge on any atom is 0.254 e. The molecule has 2 atom stereocenters. The Morgan fingerprint density at radius 1 is 0.923 bits per heavy atom. The molecular weight excluding hydrogens is 491 g/mol. The Bertz CT molecular complexity index is 1110. The van der Waals surface area contributed by atoms with Crippen LogP contribution >= 0.6 is 0 Å². The summed E-state index contributed by atoms with van der Waals surface area (Å²) < 4.78 is 13.5. The smallest absolute Gasteiger partial charge is 0.254 e. The van der Waals surface area contributed by atoms with Gasteiger partial charge < -0.3 is 16.0 Å². The highest BCUT2D eigenvalue weighted by Gasteiger charge is 2.42. The van der Waals surface area contributed by atoms with E-state index >= 15 is 0 Å². The van der Waals surface area contributed by atoms with Crippen LogP contribution < -0.4 is 11.1 Å². The van der Waals surface area contributed by atoms with Crippen LogP contribution in [0.4, 0.5) is 4.39 Å². The zero-order valence-corrected chi connectivity index (χ0v) is 23.2. The lowest BCUT2D eigenvalue weighted by atomic mass is 9.82. The van der Waals surface area contributed by atoms with Gasteiger partial charge in [0.15, 0.2) is 0 Å². The van der Waals surface area contributed by atoms with Crippen LogP contribution in [0.3, 0.4) is 0 Å². The summed E-state index contributed by atoms with van der Waals surface area (Å²) >= 11 is 0. The fourth-order valence-corrected chi connectivity index (χ4v) is 6.40. The van der Waals surface area contributed by atoms with Crippen molar-refractivity contribution in [3.8, 4) is 0 Å². The summed E-state index contributed by atoms with van der Waals surface area (Å²) in [7, 11) is 0. The van der Waals surface area contributed by atoms with E-state index in [-0.39, 0.29) is 23.7 Å². The minimum atomic E-state index is -0.541. The van der Waals surface area contributed by atoms with E-state index in [1.165, 1.54) is 48.2 Å². The molecule has 2 aromatic carbocycles. The zero-order valence-electron chi connectivity index (χ0n) is 23.2. The second-order valence-corrected chi connectivity index (χ2v) is 12.0. The molecule has 0 radical (unpaired) electrons. The molecule has 2 aliphatic carbocycles. The molecule has 3 fully saturated rings. The lowest BCUT2D eigenvalue weighted by Gasteiger charge is -2.43. The molecule has 0 spiro atoms. The van der Waals surface area contributed by atoms with Crippen molar-refractivity contribution in [3.63, 3.8) is 0 Å². The number of nitrogens with two attached hydrogens (primary N) is 1. The molecule has 5 rings (SSSR count). The summed E-state index contributed by atoms with van der Waals surface area (Å²) in [6, 6.07) is 14.6. The van der Waals surface area contributed by atoms with E-state index in [0.717, 1.165) is 45.2 Å². The Labute approximate surface area is 232 Å². The molecule has 3 N–H and O–H groups in total. The molecular formula is C32H43FN4O2. The number of hydrogen-bond acceptors (Lipinski definition) is 4. The number of carbonyl (C=O) groups excluding carboxylic acids is 2. The number of carbonyl (C=O) groups is 2. The van der Waals surface area contributed by atoms with Crippen LogP contribution in [0.5, 0.6) is 0 Å². The van der Waals surface area contributed by atoms with Crippen molar-refractivity contribution in [1.29, 1.82) is 0 Å². The normalized spacial score (nSPS) is 25.5. The summed E-state index contributed by atoms with van der Waals surface area (Å²) in [6.45, 7) is 4.86. The minimum Gasteiger partial charge on any atom is -0.354 e. The second kappa shape index (κ2) is 12.6. The number of nitrogens with zero attached hydrogens (tertiary/aromatic N) is 2. The van der Waals surface area contributed by atoms with Gasteiger partial charge in [-0.2, -0.15) is 0 Å². The fraction of sp³-hybridized carbons (Fsp3) is 0.562. The molecule has 3 aliphatic rings. The van der Waals surface area contributed by atoms with Gasteiger partial charge in [-0.25, -0.2) is 4.39 Å². The van der Waals surface area contributed by atoms with E-state index in [2.05, 4.69) is 41.4 Å². The standard InChI is InChI=1S/C32H43FN4O2/c1-22-2-4-25(5-3-22)21-37(28-14-15-28)29-16-17-36(32(39)26-10-12-27(33)13-11-26)30(18-29)31(38)35-20-24-8-6-23(19-34)7-9-24/h2-5,10-13,23-24,28-30H,6-9,14-21,34H2,1H3,(H,35,38)/t23?,24?,29?,30-/m1/s1. The number of hydrogen-bond donors (Lipinski definition) is 2. The third-order valence-electron chi connectivity index (χ3n) is 9.06. The number of aryl methyl sites for hydroxylation is 1. The minimum absolute atomic E-state index is 0.0674. The van der Waals surface area contributed by atoms with Gasteiger partial charge in [0, 0.05) is 37.3 Å². The fourth-order valence-electron chi connectivity index (χ4n) is 6.40. The molecule has 1 aliphatic heterocycles. The highest BCUT2D eigenvalue weighted by Crippen LogP contribution is 2.35. The monoisotopic (exact) mass is 534 g/mol. The van der Waals surface area contributed by atoms with Crippen molar-refractivity contribution in [1.82, 2.24) is 15.1 Å². The van der Waals surface area contributed by atoms with Gasteiger partial charge in [0.05, 0.1) is 0 Å².